The molecule has 2 rings (SSSR count). The van der Waals surface area contributed by atoms with Gasteiger partial charge in [0.2, 0.25) is 5.91 Å². The number of hydrogen-bond acceptors (Lipinski definition) is 4. The van der Waals surface area contributed by atoms with E-state index in [0.717, 1.165) is 17.0 Å². The molecule has 2 heterocycles. The lowest BCUT2D eigenvalue weighted by molar-refractivity contribution is -0.119. The summed E-state index contributed by atoms with van der Waals surface area (Å²) in [6, 6.07) is 0. The maximum atomic E-state index is 11.9. The summed E-state index contributed by atoms with van der Waals surface area (Å²) in [4.78, 5) is 11.9. The number of rotatable bonds is 4. The van der Waals surface area contributed by atoms with Gasteiger partial charge in [0.25, 0.3) is 0 Å². The Kier molecular flexibility index (Phi) is 4.80. The smallest absolute Gasteiger partial charge is 0.244 e. The SMILES string of the molecule is Cc1nn(C)c(C)c1/C=C/C(=O)NCC1(O)CCOCC1. The van der Waals surface area contributed by atoms with Crippen molar-refractivity contribution in [3.05, 3.63) is 23.0 Å². The van der Waals surface area contributed by atoms with E-state index in [0.29, 0.717) is 26.1 Å². The van der Waals surface area contributed by atoms with E-state index in [-0.39, 0.29) is 12.5 Å². The number of aromatic nitrogens is 2. The number of nitrogens with zero attached hydrogens (tertiary/aromatic N) is 2. The lowest BCUT2D eigenvalue weighted by atomic mass is 9.94. The zero-order valence-corrected chi connectivity index (χ0v) is 12.8. The fourth-order valence-electron chi connectivity index (χ4n) is 2.43. The maximum Gasteiger partial charge on any atom is 0.244 e. The van der Waals surface area contributed by atoms with Crippen molar-refractivity contribution >= 4 is 12.0 Å². The largest absolute Gasteiger partial charge is 0.388 e. The number of hydrogen-bond donors (Lipinski definition) is 2. The highest BCUT2D eigenvalue weighted by atomic mass is 16.5. The van der Waals surface area contributed by atoms with Crippen LogP contribution in [0.1, 0.15) is 29.8 Å². The predicted octanol–water partition coefficient (Wildman–Crippen LogP) is 0.708. The van der Waals surface area contributed by atoms with Crippen LogP contribution in [-0.4, -0.2) is 46.2 Å². The van der Waals surface area contributed by atoms with E-state index >= 15 is 0 Å². The summed E-state index contributed by atoms with van der Waals surface area (Å²) < 4.78 is 7.00. The molecule has 0 spiro atoms. The lowest BCUT2D eigenvalue weighted by Gasteiger charge is -2.31. The summed E-state index contributed by atoms with van der Waals surface area (Å²) in [6.45, 7) is 5.20. The highest BCUT2D eigenvalue weighted by molar-refractivity contribution is 5.92. The van der Waals surface area contributed by atoms with Crippen LogP contribution in [0.4, 0.5) is 0 Å². The molecule has 0 radical (unpaired) electrons. The molecule has 1 amide bonds. The van der Waals surface area contributed by atoms with Crippen LogP contribution in [0.5, 0.6) is 0 Å². The van der Waals surface area contributed by atoms with Gasteiger partial charge in [-0.2, -0.15) is 5.10 Å². The van der Waals surface area contributed by atoms with Gasteiger partial charge < -0.3 is 15.2 Å². The Morgan fingerprint density at radius 3 is 2.71 bits per heavy atom. The average molecular weight is 293 g/mol. The number of nitrogens with one attached hydrogen (secondary N) is 1. The Morgan fingerprint density at radius 1 is 1.48 bits per heavy atom. The minimum absolute atomic E-state index is 0.211. The number of aliphatic hydroxyl groups is 1. The van der Waals surface area contributed by atoms with Gasteiger partial charge in [0, 0.05) is 57.0 Å². The van der Waals surface area contributed by atoms with E-state index < -0.39 is 5.60 Å². The first kappa shape index (κ1) is 15.7. The third-order valence-electron chi connectivity index (χ3n) is 3.98. The normalized spacial score (nSPS) is 18.1. The highest BCUT2D eigenvalue weighted by Crippen LogP contribution is 2.19. The molecule has 0 saturated carbocycles. The van der Waals surface area contributed by atoms with Gasteiger partial charge in [0.05, 0.1) is 11.3 Å². The van der Waals surface area contributed by atoms with Crippen LogP contribution in [0, 0.1) is 13.8 Å². The monoisotopic (exact) mass is 293 g/mol. The molecular formula is C15H23N3O3. The molecule has 1 aliphatic heterocycles. The van der Waals surface area contributed by atoms with Crippen LogP contribution < -0.4 is 5.32 Å². The summed E-state index contributed by atoms with van der Waals surface area (Å²) in [6.07, 6.45) is 4.36. The van der Waals surface area contributed by atoms with E-state index in [1.807, 2.05) is 20.9 Å². The maximum absolute atomic E-state index is 11.9. The predicted molar refractivity (Wildman–Crippen MR) is 79.7 cm³/mol. The number of ether oxygens (including phenoxy) is 1. The second kappa shape index (κ2) is 6.41. The molecule has 2 N–H and O–H groups in total. The molecule has 0 unspecified atom stereocenters. The van der Waals surface area contributed by atoms with Crippen molar-refractivity contribution in [3.8, 4) is 0 Å². The second-order valence-corrected chi connectivity index (χ2v) is 5.60. The third-order valence-corrected chi connectivity index (χ3v) is 3.98. The van der Waals surface area contributed by atoms with Crippen molar-refractivity contribution in [2.45, 2.75) is 32.3 Å². The molecule has 1 aromatic heterocycles. The quantitative estimate of drug-likeness (QED) is 0.802. The summed E-state index contributed by atoms with van der Waals surface area (Å²) in [5.41, 5.74) is 2.01. The van der Waals surface area contributed by atoms with Gasteiger partial charge in [-0.05, 0) is 19.9 Å². The van der Waals surface area contributed by atoms with Gasteiger partial charge in [0.1, 0.15) is 0 Å². The fraction of sp³-hybridized carbons (Fsp3) is 0.600. The van der Waals surface area contributed by atoms with Crippen molar-refractivity contribution in [3.63, 3.8) is 0 Å². The minimum Gasteiger partial charge on any atom is -0.388 e. The number of amides is 1. The van der Waals surface area contributed by atoms with E-state index in [2.05, 4.69) is 10.4 Å². The van der Waals surface area contributed by atoms with Crippen LogP contribution in [0.2, 0.25) is 0 Å². The second-order valence-electron chi connectivity index (χ2n) is 5.60. The van der Waals surface area contributed by atoms with Crippen molar-refractivity contribution in [2.24, 2.45) is 7.05 Å². The van der Waals surface area contributed by atoms with Gasteiger partial charge >= 0.3 is 0 Å². The molecule has 0 aromatic carbocycles. The topological polar surface area (TPSA) is 76.4 Å². The van der Waals surface area contributed by atoms with Crippen molar-refractivity contribution in [1.29, 1.82) is 0 Å². The molecule has 0 atom stereocenters. The molecule has 0 aliphatic carbocycles. The van der Waals surface area contributed by atoms with Gasteiger partial charge in [-0.3, -0.25) is 9.48 Å². The zero-order valence-electron chi connectivity index (χ0n) is 12.8. The van der Waals surface area contributed by atoms with E-state index in [1.54, 1.807) is 10.8 Å². The molecular weight excluding hydrogens is 270 g/mol. The summed E-state index contributed by atoms with van der Waals surface area (Å²) in [7, 11) is 1.88. The van der Waals surface area contributed by atoms with Crippen LogP contribution in [0.15, 0.2) is 6.08 Å². The van der Waals surface area contributed by atoms with Gasteiger partial charge in [-0.15, -0.1) is 0 Å². The molecule has 6 nitrogen and oxygen atoms in total. The summed E-state index contributed by atoms with van der Waals surface area (Å²) >= 11 is 0. The summed E-state index contributed by atoms with van der Waals surface area (Å²) in [5, 5.41) is 17.3. The molecule has 6 heteroatoms. The van der Waals surface area contributed by atoms with E-state index in [9.17, 15) is 9.90 Å². The number of carbonyl (C=O) groups is 1. The van der Waals surface area contributed by atoms with Crippen LogP contribution in [-0.2, 0) is 16.6 Å². The Balaban J connectivity index is 1.91. The van der Waals surface area contributed by atoms with Crippen LogP contribution >= 0.6 is 0 Å². The fourth-order valence-corrected chi connectivity index (χ4v) is 2.43. The molecule has 1 saturated heterocycles. The first-order valence-electron chi connectivity index (χ1n) is 7.17. The van der Waals surface area contributed by atoms with Crippen molar-refractivity contribution in [2.75, 3.05) is 19.8 Å². The van der Waals surface area contributed by atoms with Gasteiger partial charge in [-0.1, -0.05) is 0 Å². The number of carbonyl (C=O) groups excluding carboxylic acids is 1. The van der Waals surface area contributed by atoms with E-state index in [1.165, 1.54) is 6.08 Å². The third kappa shape index (κ3) is 3.92. The Bertz CT molecular complexity index is 543. The standard InChI is InChI=1S/C15H23N3O3/c1-11-13(12(2)18(3)17-11)4-5-14(19)16-10-15(20)6-8-21-9-7-15/h4-5,20H,6-10H2,1-3H3,(H,16,19)/b5-4+. The van der Waals surface area contributed by atoms with Gasteiger partial charge in [0.15, 0.2) is 0 Å². The first-order valence-corrected chi connectivity index (χ1v) is 7.17. The van der Waals surface area contributed by atoms with Gasteiger partial charge in [-0.25, -0.2) is 0 Å². The number of aryl methyl sites for hydroxylation is 2. The molecule has 0 bridgehead atoms. The zero-order chi connectivity index (χ0) is 15.5. The van der Waals surface area contributed by atoms with Crippen LogP contribution in [0.25, 0.3) is 6.08 Å². The lowest BCUT2D eigenvalue weighted by Crippen LogP contribution is -2.46. The Hall–Kier alpha value is -1.66. The Morgan fingerprint density at radius 2 is 2.14 bits per heavy atom. The van der Waals surface area contributed by atoms with Crippen molar-refractivity contribution < 1.29 is 14.6 Å². The molecule has 116 valence electrons. The molecule has 1 aromatic rings. The van der Waals surface area contributed by atoms with E-state index in [4.69, 9.17) is 4.74 Å². The molecule has 1 fully saturated rings. The van der Waals surface area contributed by atoms with Crippen molar-refractivity contribution in [1.82, 2.24) is 15.1 Å². The highest BCUT2D eigenvalue weighted by Gasteiger charge is 2.29. The minimum atomic E-state index is -0.845. The summed E-state index contributed by atoms with van der Waals surface area (Å²) in [5.74, 6) is -0.211. The Labute approximate surface area is 124 Å². The molecule has 1 aliphatic rings. The first-order chi connectivity index (χ1) is 9.91. The molecule has 21 heavy (non-hydrogen) atoms. The average Bonchev–Trinajstić information content (AvgIpc) is 2.69. The van der Waals surface area contributed by atoms with Crippen LogP contribution in [0.3, 0.4) is 0 Å².